The first kappa shape index (κ1) is 22.3. The summed E-state index contributed by atoms with van der Waals surface area (Å²) in [6, 6.07) is 20.5. The van der Waals surface area contributed by atoms with Gasteiger partial charge in [-0.1, -0.05) is 23.8 Å². The number of nitrogens with one attached hydrogen (secondary N) is 2. The van der Waals surface area contributed by atoms with Crippen molar-refractivity contribution in [3.8, 4) is 17.4 Å². The summed E-state index contributed by atoms with van der Waals surface area (Å²) >= 11 is 0. The molecule has 0 aliphatic carbocycles. The van der Waals surface area contributed by atoms with Crippen molar-refractivity contribution < 1.29 is 4.42 Å². The Labute approximate surface area is 204 Å². The predicted octanol–water partition coefficient (Wildman–Crippen LogP) is 6.41. The number of hydrogen-bond acceptors (Lipinski definition) is 6. The van der Waals surface area contributed by atoms with Gasteiger partial charge in [-0.25, -0.2) is 0 Å². The van der Waals surface area contributed by atoms with Crippen LogP contribution in [0.25, 0.3) is 22.2 Å². The van der Waals surface area contributed by atoms with Gasteiger partial charge in [-0.15, -0.1) is 0 Å². The third kappa shape index (κ3) is 4.91. The van der Waals surface area contributed by atoms with E-state index in [0.29, 0.717) is 12.1 Å². The first-order valence-electron chi connectivity index (χ1n) is 11.5. The lowest BCUT2D eigenvalue weighted by atomic mass is 10.0. The van der Waals surface area contributed by atoms with E-state index < -0.39 is 0 Å². The van der Waals surface area contributed by atoms with Gasteiger partial charge in [0, 0.05) is 53.9 Å². The quantitative estimate of drug-likeness (QED) is 0.292. The molecule has 6 heteroatoms. The zero-order valence-corrected chi connectivity index (χ0v) is 19.7. The standard InChI is InChI=1S/C29H25N5O/c1-19-3-6-26(20(2)11-19)34-29-24(14-30)17-33-27-13-23(4-5-25(27)29)28-12-22(18-35-28)16-32-15-21-7-9-31-10-8-21/h3-13,17-18,32H,15-16H2,1-2H3,(H,33,34). The number of nitriles is 1. The zero-order chi connectivity index (χ0) is 24.2. The molecule has 0 saturated heterocycles. The van der Waals surface area contributed by atoms with Crippen LogP contribution in [0.4, 0.5) is 11.4 Å². The Kier molecular flexibility index (Phi) is 6.25. The van der Waals surface area contributed by atoms with Crippen molar-refractivity contribution in [1.82, 2.24) is 15.3 Å². The average Bonchev–Trinajstić information content (AvgIpc) is 3.35. The molecule has 0 unspecified atom stereocenters. The van der Waals surface area contributed by atoms with E-state index in [2.05, 4.69) is 52.7 Å². The van der Waals surface area contributed by atoms with E-state index in [1.54, 1.807) is 24.9 Å². The van der Waals surface area contributed by atoms with Crippen molar-refractivity contribution >= 4 is 22.3 Å². The molecule has 35 heavy (non-hydrogen) atoms. The maximum atomic E-state index is 9.69. The smallest absolute Gasteiger partial charge is 0.134 e. The molecular formula is C29H25N5O. The van der Waals surface area contributed by atoms with Crippen LogP contribution in [-0.4, -0.2) is 9.97 Å². The summed E-state index contributed by atoms with van der Waals surface area (Å²) in [4.78, 5) is 8.59. The van der Waals surface area contributed by atoms with E-state index in [9.17, 15) is 5.26 Å². The lowest BCUT2D eigenvalue weighted by molar-refractivity contribution is 0.574. The number of anilines is 2. The van der Waals surface area contributed by atoms with Gasteiger partial charge < -0.3 is 15.1 Å². The number of furan rings is 1. The molecule has 0 spiro atoms. The number of aryl methyl sites for hydroxylation is 2. The Bertz CT molecular complexity index is 1530. The first-order chi connectivity index (χ1) is 17.1. The topological polar surface area (TPSA) is 86.8 Å². The Morgan fingerprint density at radius 3 is 2.57 bits per heavy atom. The fourth-order valence-corrected chi connectivity index (χ4v) is 4.13. The van der Waals surface area contributed by atoms with Crippen LogP contribution in [0.5, 0.6) is 0 Å². The fourth-order valence-electron chi connectivity index (χ4n) is 4.13. The second-order valence-electron chi connectivity index (χ2n) is 8.61. The van der Waals surface area contributed by atoms with Crippen LogP contribution in [0.2, 0.25) is 0 Å². The third-order valence-corrected chi connectivity index (χ3v) is 5.98. The molecule has 0 fully saturated rings. The second kappa shape index (κ2) is 9.80. The van der Waals surface area contributed by atoms with Crippen molar-refractivity contribution in [1.29, 1.82) is 5.26 Å². The number of rotatable bonds is 7. The van der Waals surface area contributed by atoms with E-state index in [1.165, 1.54) is 11.1 Å². The van der Waals surface area contributed by atoms with Crippen molar-refractivity contribution in [2.75, 3.05) is 5.32 Å². The summed E-state index contributed by atoms with van der Waals surface area (Å²) in [5.41, 5.74) is 8.54. The molecule has 3 aromatic heterocycles. The molecule has 172 valence electrons. The maximum Gasteiger partial charge on any atom is 0.134 e. The summed E-state index contributed by atoms with van der Waals surface area (Å²) < 4.78 is 5.85. The Morgan fingerprint density at radius 2 is 1.77 bits per heavy atom. The number of pyridine rings is 2. The van der Waals surface area contributed by atoms with E-state index in [4.69, 9.17) is 4.42 Å². The molecule has 5 aromatic rings. The number of hydrogen-bond donors (Lipinski definition) is 2. The summed E-state index contributed by atoms with van der Waals surface area (Å²) in [7, 11) is 0. The van der Waals surface area contributed by atoms with Crippen molar-refractivity contribution in [2.24, 2.45) is 0 Å². The van der Waals surface area contributed by atoms with Gasteiger partial charge in [-0.05, 0) is 61.4 Å². The molecule has 3 heterocycles. The number of aromatic nitrogens is 2. The van der Waals surface area contributed by atoms with Crippen LogP contribution in [0, 0.1) is 25.2 Å². The van der Waals surface area contributed by atoms with Crippen LogP contribution in [-0.2, 0) is 13.1 Å². The highest BCUT2D eigenvalue weighted by molar-refractivity contribution is 5.97. The molecule has 6 nitrogen and oxygen atoms in total. The molecule has 0 aliphatic rings. The highest BCUT2D eigenvalue weighted by Gasteiger charge is 2.13. The summed E-state index contributed by atoms with van der Waals surface area (Å²) in [5, 5.41) is 17.5. The second-order valence-corrected chi connectivity index (χ2v) is 8.61. The lowest BCUT2D eigenvalue weighted by Crippen LogP contribution is -2.11. The molecule has 5 rings (SSSR count). The van der Waals surface area contributed by atoms with Gasteiger partial charge in [0.15, 0.2) is 0 Å². The summed E-state index contributed by atoms with van der Waals surface area (Å²) in [6.45, 7) is 5.59. The summed E-state index contributed by atoms with van der Waals surface area (Å²) in [5.74, 6) is 0.780. The first-order valence-corrected chi connectivity index (χ1v) is 11.5. The van der Waals surface area contributed by atoms with Crippen LogP contribution < -0.4 is 10.6 Å². The van der Waals surface area contributed by atoms with Gasteiger partial charge in [-0.2, -0.15) is 5.26 Å². The minimum absolute atomic E-state index is 0.505. The minimum atomic E-state index is 0.505. The predicted molar refractivity (Wildman–Crippen MR) is 138 cm³/mol. The van der Waals surface area contributed by atoms with Crippen LogP contribution in [0.3, 0.4) is 0 Å². The van der Waals surface area contributed by atoms with Crippen LogP contribution in [0.15, 0.2) is 83.9 Å². The minimum Gasteiger partial charge on any atom is -0.464 e. The highest BCUT2D eigenvalue weighted by atomic mass is 16.3. The van der Waals surface area contributed by atoms with Crippen LogP contribution in [0.1, 0.15) is 27.8 Å². The largest absolute Gasteiger partial charge is 0.464 e. The summed E-state index contributed by atoms with van der Waals surface area (Å²) in [6.07, 6.45) is 6.99. The molecule has 0 bridgehead atoms. The molecule has 0 radical (unpaired) electrons. The average molecular weight is 460 g/mol. The number of fused-ring (bicyclic) bond motifs is 1. The Balaban J connectivity index is 1.39. The molecule has 0 saturated carbocycles. The van der Waals surface area contributed by atoms with E-state index in [1.807, 2.05) is 42.5 Å². The van der Waals surface area contributed by atoms with Gasteiger partial charge in [0.1, 0.15) is 11.8 Å². The monoisotopic (exact) mass is 459 g/mol. The van der Waals surface area contributed by atoms with Gasteiger partial charge in [0.05, 0.1) is 23.0 Å². The highest BCUT2D eigenvalue weighted by Crippen LogP contribution is 2.33. The Hall–Kier alpha value is -4.47. The molecular weight excluding hydrogens is 434 g/mol. The van der Waals surface area contributed by atoms with Crippen LogP contribution >= 0.6 is 0 Å². The van der Waals surface area contributed by atoms with Crippen molar-refractivity contribution in [3.05, 3.63) is 107 Å². The Morgan fingerprint density at radius 1 is 0.943 bits per heavy atom. The molecule has 0 amide bonds. The zero-order valence-electron chi connectivity index (χ0n) is 19.7. The van der Waals surface area contributed by atoms with Gasteiger partial charge >= 0.3 is 0 Å². The molecule has 0 atom stereocenters. The molecule has 2 N–H and O–H groups in total. The van der Waals surface area contributed by atoms with E-state index in [0.717, 1.165) is 51.3 Å². The van der Waals surface area contributed by atoms with Gasteiger partial charge in [0.25, 0.3) is 0 Å². The molecule has 0 aliphatic heterocycles. The van der Waals surface area contributed by atoms with Gasteiger partial charge in [-0.3, -0.25) is 9.97 Å². The SMILES string of the molecule is Cc1ccc(Nc2c(C#N)cnc3cc(-c4cc(CNCc5ccncc5)co4)ccc23)c(C)c1. The molecule has 2 aromatic carbocycles. The third-order valence-electron chi connectivity index (χ3n) is 5.98. The maximum absolute atomic E-state index is 9.69. The number of nitrogens with zero attached hydrogens (tertiary/aromatic N) is 3. The number of benzene rings is 2. The van der Waals surface area contributed by atoms with E-state index >= 15 is 0 Å². The normalized spacial score (nSPS) is 10.9. The van der Waals surface area contributed by atoms with E-state index in [-0.39, 0.29) is 0 Å². The van der Waals surface area contributed by atoms with Crippen molar-refractivity contribution in [2.45, 2.75) is 26.9 Å². The van der Waals surface area contributed by atoms with Crippen molar-refractivity contribution in [3.63, 3.8) is 0 Å². The van der Waals surface area contributed by atoms with Gasteiger partial charge in [0.2, 0.25) is 0 Å². The lowest BCUT2D eigenvalue weighted by Gasteiger charge is -2.14. The fraction of sp³-hybridized carbons (Fsp3) is 0.138.